The summed E-state index contributed by atoms with van der Waals surface area (Å²) >= 11 is 0. The monoisotopic (exact) mass is 203 g/mol. The zero-order valence-electron chi connectivity index (χ0n) is 9.02. The molecular formula is C11H13N3O. The van der Waals surface area contributed by atoms with Gasteiger partial charge in [-0.2, -0.15) is 0 Å². The van der Waals surface area contributed by atoms with E-state index in [1.54, 1.807) is 22.9 Å². The van der Waals surface area contributed by atoms with Crippen LogP contribution in [-0.4, -0.2) is 19.6 Å². The van der Waals surface area contributed by atoms with Crippen molar-refractivity contribution >= 4 is 0 Å². The summed E-state index contributed by atoms with van der Waals surface area (Å²) in [6.45, 7) is 5.72. The maximum absolute atomic E-state index is 9.58. The van der Waals surface area contributed by atoms with E-state index >= 15 is 0 Å². The second-order valence-electron chi connectivity index (χ2n) is 3.54. The molecule has 0 saturated carbocycles. The van der Waals surface area contributed by atoms with Gasteiger partial charge in [-0.05, 0) is 26.8 Å². The molecule has 4 nitrogen and oxygen atoms in total. The topological polar surface area (TPSA) is 50.9 Å². The van der Waals surface area contributed by atoms with Gasteiger partial charge in [0.05, 0.1) is 17.1 Å². The Bertz CT molecular complexity index is 503. The van der Waals surface area contributed by atoms with Crippen LogP contribution in [0.25, 0.3) is 5.82 Å². The molecule has 0 bridgehead atoms. The number of hydrogen-bond donors (Lipinski definition) is 1. The molecule has 0 amide bonds. The summed E-state index contributed by atoms with van der Waals surface area (Å²) in [5.41, 5.74) is 2.61. The minimum Gasteiger partial charge on any atom is -0.494 e. The van der Waals surface area contributed by atoms with Gasteiger partial charge in [-0.15, -0.1) is 0 Å². The minimum absolute atomic E-state index is 0.177. The van der Waals surface area contributed by atoms with Crippen molar-refractivity contribution in [3.8, 4) is 11.7 Å². The van der Waals surface area contributed by atoms with Crippen LogP contribution in [0.15, 0.2) is 18.3 Å². The molecule has 2 rings (SSSR count). The van der Waals surface area contributed by atoms with E-state index in [0.717, 1.165) is 17.1 Å². The highest BCUT2D eigenvalue weighted by molar-refractivity contribution is 5.35. The van der Waals surface area contributed by atoms with Crippen molar-refractivity contribution in [2.24, 2.45) is 0 Å². The van der Waals surface area contributed by atoms with Gasteiger partial charge in [0.15, 0.2) is 11.7 Å². The van der Waals surface area contributed by atoms with E-state index in [4.69, 9.17) is 0 Å². The lowest BCUT2D eigenvalue weighted by atomic mass is 10.3. The number of aryl methyl sites for hydroxylation is 3. The Labute approximate surface area is 88.2 Å². The SMILES string of the molecule is Cc1nc(C)c(-n2cccc2O)nc1C. The van der Waals surface area contributed by atoms with E-state index in [9.17, 15) is 5.11 Å². The van der Waals surface area contributed by atoms with E-state index in [0.29, 0.717) is 5.82 Å². The van der Waals surface area contributed by atoms with Crippen molar-refractivity contribution in [2.45, 2.75) is 20.8 Å². The molecule has 0 radical (unpaired) electrons. The van der Waals surface area contributed by atoms with Gasteiger partial charge in [-0.3, -0.25) is 9.55 Å². The fraction of sp³-hybridized carbons (Fsp3) is 0.273. The van der Waals surface area contributed by atoms with Crippen molar-refractivity contribution in [3.63, 3.8) is 0 Å². The molecule has 0 fully saturated rings. The van der Waals surface area contributed by atoms with Crippen molar-refractivity contribution < 1.29 is 5.11 Å². The average molecular weight is 203 g/mol. The number of rotatable bonds is 1. The summed E-state index contributed by atoms with van der Waals surface area (Å²) < 4.78 is 1.62. The van der Waals surface area contributed by atoms with Crippen LogP contribution in [0.4, 0.5) is 0 Å². The summed E-state index contributed by atoms with van der Waals surface area (Å²) in [5, 5.41) is 9.58. The van der Waals surface area contributed by atoms with Gasteiger partial charge in [0.1, 0.15) is 0 Å². The second-order valence-corrected chi connectivity index (χ2v) is 3.54. The summed E-state index contributed by atoms with van der Waals surface area (Å²) in [4.78, 5) is 8.79. The molecular weight excluding hydrogens is 190 g/mol. The highest BCUT2D eigenvalue weighted by Crippen LogP contribution is 2.18. The first kappa shape index (κ1) is 9.71. The molecule has 0 atom stereocenters. The molecule has 2 aromatic rings. The molecule has 78 valence electrons. The fourth-order valence-corrected chi connectivity index (χ4v) is 1.48. The molecule has 0 aliphatic heterocycles. The first-order valence-electron chi connectivity index (χ1n) is 4.78. The van der Waals surface area contributed by atoms with Gasteiger partial charge < -0.3 is 5.11 Å². The maximum Gasteiger partial charge on any atom is 0.196 e. The Morgan fingerprint density at radius 1 is 1.07 bits per heavy atom. The van der Waals surface area contributed by atoms with Crippen LogP contribution in [0.2, 0.25) is 0 Å². The van der Waals surface area contributed by atoms with Gasteiger partial charge in [-0.1, -0.05) is 0 Å². The van der Waals surface area contributed by atoms with Crippen LogP contribution in [0, 0.1) is 20.8 Å². The third-order valence-electron chi connectivity index (χ3n) is 2.41. The lowest BCUT2D eigenvalue weighted by Gasteiger charge is -2.09. The van der Waals surface area contributed by atoms with Gasteiger partial charge >= 0.3 is 0 Å². The minimum atomic E-state index is 0.177. The molecule has 0 unspecified atom stereocenters. The van der Waals surface area contributed by atoms with Crippen LogP contribution in [0.1, 0.15) is 17.1 Å². The van der Waals surface area contributed by atoms with E-state index in [1.807, 2.05) is 20.8 Å². The lowest BCUT2D eigenvalue weighted by Crippen LogP contribution is -2.04. The zero-order valence-corrected chi connectivity index (χ0v) is 9.02. The molecule has 2 aromatic heterocycles. The number of aromatic nitrogens is 3. The van der Waals surface area contributed by atoms with Gasteiger partial charge in [-0.25, -0.2) is 4.98 Å². The number of hydrogen-bond acceptors (Lipinski definition) is 3. The van der Waals surface area contributed by atoms with E-state index in [1.165, 1.54) is 0 Å². The normalized spacial score (nSPS) is 10.6. The van der Waals surface area contributed by atoms with Crippen molar-refractivity contribution in [3.05, 3.63) is 35.4 Å². The molecule has 1 N–H and O–H groups in total. The highest BCUT2D eigenvalue weighted by Gasteiger charge is 2.09. The molecule has 0 spiro atoms. The summed E-state index contributed by atoms with van der Waals surface area (Å²) in [6.07, 6.45) is 1.76. The summed E-state index contributed by atoms with van der Waals surface area (Å²) in [5.74, 6) is 0.858. The first-order valence-corrected chi connectivity index (χ1v) is 4.78. The van der Waals surface area contributed by atoms with Crippen LogP contribution in [-0.2, 0) is 0 Å². The Balaban J connectivity index is 2.64. The van der Waals surface area contributed by atoms with Crippen molar-refractivity contribution in [1.29, 1.82) is 0 Å². The Morgan fingerprint density at radius 3 is 2.33 bits per heavy atom. The predicted octanol–water partition coefficient (Wildman–Crippen LogP) is 1.90. The van der Waals surface area contributed by atoms with Crippen LogP contribution in [0.3, 0.4) is 0 Å². The van der Waals surface area contributed by atoms with E-state index in [-0.39, 0.29) is 5.88 Å². The highest BCUT2D eigenvalue weighted by atomic mass is 16.3. The molecule has 2 heterocycles. The molecule has 15 heavy (non-hydrogen) atoms. The Kier molecular flexibility index (Phi) is 2.19. The standard InChI is InChI=1S/C11H13N3O/c1-7-8(2)13-11(9(3)12-7)14-6-4-5-10(14)15/h4-6,15H,1-3H3. The zero-order chi connectivity index (χ0) is 11.0. The average Bonchev–Trinajstić information content (AvgIpc) is 2.58. The van der Waals surface area contributed by atoms with E-state index < -0.39 is 0 Å². The molecule has 0 aliphatic rings. The van der Waals surface area contributed by atoms with Crippen molar-refractivity contribution in [2.75, 3.05) is 0 Å². The lowest BCUT2D eigenvalue weighted by molar-refractivity contribution is 0.441. The molecule has 4 heteroatoms. The summed E-state index contributed by atoms with van der Waals surface area (Å²) in [6, 6.07) is 3.39. The fourth-order valence-electron chi connectivity index (χ4n) is 1.48. The third-order valence-corrected chi connectivity index (χ3v) is 2.41. The first-order chi connectivity index (χ1) is 7.09. The van der Waals surface area contributed by atoms with Crippen LogP contribution >= 0.6 is 0 Å². The van der Waals surface area contributed by atoms with Crippen LogP contribution < -0.4 is 0 Å². The van der Waals surface area contributed by atoms with Gasteiger partial charge in [0, 0.05) is 12.3 Å². The number of aromatic hydroxyl groups is 1. The molecule has 0 aliphatic carbocycles. The molecule has 0 saturated heterocycles. The van der Waals surface area contributed by atoms with Crippen molar-refractivity contribution in [1.82, 2.24) is 14.5 Å². The smallest absolute Gasteiger partial charge is 0.196 e. The largest absolute Gasteiger partial charge is 0.494 e. The van der Waals surface area contributed by atoms with Gasteiger partial charge in [0.25, 0.3) is 0 Å². The maximum atomic E-state index is 9.58. The Morgan fingerprint density at radius 2 is 1.73 bits per heavy atom. The number of nitrogens with zero attached hydrogens (tertiary/aromatic N) is 3. The van der Waals surface area contributed by atoms with Crippen LogP contribution in [0.5, 0.6) is 5.88 Å². The predicted molar refractivity (Wildman–Crippen MR) is 57.2 cm³/mol. The van der Waals surface area contributed by atoms with Gasteiger partial charge in [0.2, 0.25) is 0 Å². The summed E-state index contributed by atoms with van der Waals surface area (Å²) in [7, 11) is 0. The Hall–Kier alpha value is -1.84. The second kappa shape index (κ2) is 3.38. The molecule has 0 aromatic carbocycles. The quantitative estimate of drug-likeness (QED) is 0.770. The van der Waals surface area contributed by atoms with E-state index in [2.05, 4.69) is 9.97 Å². The third kappa shape index (κ3) is 1.58.